The number of hydrogen-bond donors (Lipinski definition) is 0. The van der Waals surface area contributed by atoms with Gasteiger partial charge in [0.2, 0.25) is 0 Å². The molecule has 1 fully saturated rings. The van der Waals surface area contributed by atoms with Gasteiger partial charge in [-0.25, -0.2) is 0 Å². The van der Waals surface area contributed by atoms with E-state index in [1.165, 1.54) is 6.42 Å². The predicted molar refractivity (Wildman–Crippen MR) is 40.1 cm³/mol. The van der Waals surface area contributed by atoms with Gasteiger partial charge in [-0.2, -0.15) is 0 Å². The number of ether oxygens (including phenoxy) is 2. The van der Waals surface area contributed by atoms with E-state index in [1.807, 2.05) is 0 Å². The summed E-state index contributed by atoms with van der Waals surface area (Å²) in [6, 6.07) is 0. The van der Waals surface area contributed by atoms with Crippen LogP contribution in [0.15, 0.2) is 0 Å². The van der Waals surface area contributed by atoms with Gasteiger partial charge in [-0.15, -0.1) is 0 Å². The molecule has 0 bridgehead atoms. The molecule has 0 aromatic heterocycles. The minimum absolute atomic E-state index is 0.428. The summed E-state index contributed by atoms with van der Waals surface area (Å²) in [4.78, 5) is 0. The fraction of sp³-hybridized carbons (Fsp3) is 1.00. The van der Waals surface area contributed by atoms with Gasteiger partial charge in [-0.3, -0.25) is 0 Å². The second-order valence-corrected chi connectivity index (χ2v) is 2.84. The van der Waals surface area contributed by atoms with Crippen LogP contribution in [0.5, 0.6) is 0 Å². The third-order valence-electron chi connectivity index (χ3n) is 1.87. The smallest absolute Gasteiger partial charge is 0.0834 e. The Labute approximate surface area is 62.5 Å². The van der Waals surface area contributed by atoms with Crippen molar-refractivity contribution in [3.05, 3.63) is 0 Å². The molecule has 0 saturated carbocycles. The van der Waals surface area contributed by atoms with Crippen LogP contribution in [0.25, 0.3) is 0 Å². The van der Waals surface area contributed by atoms with Crippen molar-refractivity contribution in [3.8, 4) is 0 Å². The van der Waals surface area contributed by atoms with Gasteiger partial charge in [0, 0.05) is 13.5 Å². The van der Waals surface area contributed by atoms with Crippen LogP contribution in [0, 0.1) is 0 Å². The monoisotopic (exact) mass is 144 g/mol. The highest BCUT2D eigenvalue weighted by atomic mass is 16.6. The van der Waals surface area contributed by atoms with E-state index in [9.17, 15) is 0 Å². The average molecular weight is 144 g/mol. The van der Waals surface area contributed by atoms with Crippen molar-refractivity contribution in [1.29, 1.82) is 0 Å². The maximum atomic E-state index is 5.26. The topological polar surface area (TPSA) is 21.8 Å². The molecule has 0 aromatic rings. The summed E-state index contributed by atoms with van der Waals surface area (Å²) in [6.45, 7) is 3.13. The molecule has 0 amide bonds. The van der Waals surface area contributed by atoms with E-state index in [4.69, 9.17) is 9.47 Å². The minimum atomic E-state index is 0.428. The molecule has 1 saturated heterocycles. The SMILES string of the molecule is CCCC(CC1CO1)OC. The highest BCUT2D eigenvalue weighted by molar-refractivity contribution is 4.73. The lowest BCUT2D eigenvalue weighted by Crippen LogP contribution is -2.12. The van der Waals surface area contributed by atoms with Gasteiger partial charge in [-0.1, -0.05) is 13.3 Å². The van der Waals surface area contributed by atoms with E-state index < -0.39 is 0 Å². The van der Waals surface area contributed by atoms with Crippen LogP contribution in [-0.4, -0.2) is 25.9 Å². The second-order valence-electron chi connectivity index (χ2n) is 2.84. The van der Waals surface area contributed by atoms with Crippen LogP contribution in [0.1, 0.15) is 26.2 Å². The molecular weight excluding hydrogens is 128 g/mol. The quantitative estimate of drug-likeness (QED) is 0.546. The van der Waals surface area contributed by atoms with Gasteiger partial charge in [-0.05, 0) is 6.42 Å². The van der Waals surface area contributed by atoms with Gasteiger partial charge in [0.25, 0.3) is 0 Å². The molecule has 0 spiro atoms. The Morgan fingerprint density at radius 2 is 2.40 bits per heavy atom. The van der Waals surface area contributed by atoms with E-state index in [0.717, 1.165) is 19.4 Å². The Hall–Kier alpha value is -0.0800. The third-order valence-corrected chi connectivity index (χ3v) is 1.87. The Kier molecular flexibility index (Phi) is 3.16. The zero-order chi connectivity index (χ0) is 7.40. The van der Waals surface area contributed by atoms with E-state index >= 15 is 0 Å². The molecular formula is C8H16O2. The molecule has 0 radical (unpaired) electrons. The van der Waals surface area contributed by atoms with Crippen molar-refractivity contribution < 1.29 is 9.47 Å². The van der Waals surface area contributed by atoms with Crippen molar-refractivity contribution in [2.24, 2.45) is 0 Å². The lowest BCUT2D eigenvalue weighted by Gasteiger charge is -2.11. The summed E-state index contributed by atoms with van der Waals surface area (Å²) in [5.41, 5.74) is 0. The minimum Gasteiger partial charge on any atom is -0.381 e. The molecule has 2 atom stereocenters. The first kappa shape index (κ1) is 8.02. The number of methoxy groups -OCH3 is 1. The van der Waals surface area contributed by atoms with Crippen LogP contribution in [0.3, 0.4) is 0 Å². The molecule has 1 aliphatic rings. The summed E-state index contributed by atoms with van der Waals surface area (Å²) in [6.07, 6.45) is 4.39. The lowest BCUT2D eigenvalue weighted by molar-refractivity contribution is 0.0802. The average Bonchev–Trinajstić information content (AvgIpc) is 2.71. The second kappa shape index (κ2) is 3.94. The number of hydrogen-bond acceptors (Lipinski definition) is 2. The summed E-state index contributed by atoms with van der Waals surface area (Å²) in [7, 11) is 1.78. The molecule has 2 unspecified atom stereocenters. The summed E-state index contributed by atoms with van der Waals surface area (Å²) < 4.78 is 10.4. The number of rotatable bonds is 5. The zero-order valence-electron chi connectivity index (χ0n) is 6.80. The first-order valence-electron chi connectivity index (χ1n) is 4.01. The number of epoxide rings is 1. The Bertz CT molecular complexity index is 89.3. The zero-order valence-corrected chi connectivity index (χ0v) is 6.80. The van der Waals surface area contributed by atoms with E-state index in [1.54, 1.807) is 7.11 Å². The van der Waals surface area contributed by atoms with E-state index in [2.05, 4.69) is 6.92 Å². The highest BCUT2D eigenvalue weighted by Crippen LogP contribution is 2.19. The maximum Gasteiger partial charge on any atom is 0.0834 e. The van der Waals surface area contributed by atoms with E-state index in [0.29, 0.717) is 12.2 Å². The van der Waals surface area contributed by atoms with Crippen LogP contribution in [0.4, 0.5) is 0 Å². The lowest BCUT2D eigenvalue weighted by atomic mass is 10.1. The summed E-state index contributed by atoms with van der Waals surface area (Å²) in [5, 5.41) is 0. The van der Waals surface area contributed by atoms with Crippen molar-refractivity contribution in [2.45, 2.75) is 38.4 Å². The van der Waals surface area contributed by atoms with Crippen molar-refractivity contribution in [3.63, 3.8) is 0 Å². The molecule has 0 aliphatic carbocycles. The fourth-order valence-corrected chi connectivity index (χ4v) is 1.15. The van der Waals surface area contributed by atoms with Gasteiger partial charge in [0.15, 0.2) is 0 Å². The van der Waals surface area contributed by atoms with Crippen LogP contribution in [-0.2, 0) is 9.47 Å². The van der Waals surface area contributed by atoms with Gasteiger partial charge in [0.05, 0.1) is 18.8 Å². The van der Waals surface area contributed by atoms with E-state index in [-0.39, 0.29) is 0 Å². The summed E-state index contributed by atoms with van der Waals surface area (Å²) in [5.74, 6) is 0. The standard InChI is InChI=1S/C8H16O2/c1-3-4-7(9-2)5-8-6-10-8/h7-8H,3-6H2,1-2H3. The first-order chi connectivity index (χ1) is 4.86. The normalized spacial score (nSPS) is 26.4. The van der Waals surface area contributed by atoms with Gasteiger partial charge < -0.3 is 9.47 Å². The maximum absolute atomic E-state index is 5.26. The molecule has 0 aromatic carbocycles. The van der Waals surface area contributed by atoms with Gasteiger partial charge in [0.1, 0.15) is 0 Å². The Balaban J connectivity index is 2.05. The van der Waals surface area contributed by atoms with Crippen molar-refractivity contribution >= 4 is 0 Å². The third kappa shape index (κ3) is 2.67. The first-order valence-corrected chi connectivity index (χ1v) is 4.01. The van der Waals surface area contributed by atoms with Crippen LogP contribution in [0.2, 0.25) is 0 Å². The van der Waals surface area contributed by atoms with Crippen LogP contribution >= 0.6 is 0 Å². The highest BCUT2D eigenvalue weighted by Gasteiger charge is 2.25. The Morgan fingerprint density at radius 3 is 2.80 bits per heavy atom. The molecule has 1 heterocycles. The van der Waals surface area contributed by atoms with Gasteiger partial charge >= 0.3 is 0 Å². The molecule has 10 heavy (non-hydrogen) atoms. The molecule has 0 N–H and O–H groups in total. The van der Waals surface area contributed by atoms with Crippen molar-refractivity contribution in [2.75, 3.05) is 13.7 Å². The summed E-state index contributed by atoms with van der Waals surface area (Å²) >= 11 is 0. The molecule has 2 nitrogen and oxygen atoms in total. The largest absolute Gasteiger partial charge is 0.381 e. The Morgan fingerprint density at radius 1 is 1.70 bits per heavy atom. The van der Waals surface area contributed by atoms with Crippen molar-refractivity contribution in [1.82, 2.24) is 0 Å². The fourth-order valence-electron chi connectivity index (χ4n) is 1.15. The molecule has 1 rings (SSSR count). The predicted octanol–water partition coefficient (Wildman–Crippen LogP) is 1.59. The molecule has 1 aliphatic heterocycles. The van der Waals surface area contributed by atoms with Crippen LogP contribution < -0.4 is 0 Å². The molecule has 2 heteroatoms. The molecule has 60 valence electrons.